The second kappa shape index (κ2) is 10.4. The van der Waals surface area contributed by atoms with Crippen LogP contribution >= 0.6 is 0 Å². The molecule has 2 aromatic rings. The third-order valence-electron chi connectivity index (χ3n) is 3.45. The van der Waals surface area contributed by atoms with Crippen LogP contribution in [0, 0.1) is 6.92 Å². The minimum absolute atomic E-state index is 0.511. The predicted octanol–water partition coefficient (Wildman–Crippen LogP) is 2.26. The van der Waals surface area contributed by atoms with E-state index in [2.05, 4.69) is 26.8 Å². The highest BCUT2D eigenvalue weighted by Gasteiger charge is 2.06. The van der Waals surface area contributed by atoms with Crippen molar-refractivity contribution in [3.8, 4) is 5.75 Å². The number of ether oxygens (including phenoxy) is 2. The van der Waals surface area contributed by atoms with Gasteiger partial charge in [-0.2, -0.15) is 0 Å². The normalized spacial score (nSPS) is 11.4. The van der Waals surface area contributed by atoms with Crippen LogP contribution < -0.4 is 15.4 Å². The first-order valence-electron chi connectivity index (χ1n) is 8.35. The number of rotatable bonds is 9. The van der Waals surface area contributed by atoms with Gasteiger partial charge in [0.1, 0.15) is 24.3 Å². The van der Waals surface area contributed by atoms with Crippen molar-refractivity contribution in [3.63, 3.8) is 0 Å². The van der Waals surface area contributed by atoms with E-state index in [4.69, 9.17) is 14.0 Å². The smallest absolute Gasteiger partial charge is 0.191 e. The minimum atomic E-state index is 0.511. The Hall–Kier alpha value is -2.54. The zero-order valence-electron chi connectivity index (χ0n) is 15.0. The van der Waals surface area contributed by atoms with Crippen molar-refractivity contribution in [2.24, 2.45) is 4.99 Å². The summed E-state index contributed by atoms with van der Waals surface area (Å²) in [6, 6.07) is 7.94. The lowest BCUT2D eigenvalue weighted by molar-refractivity contribution is 0.145. The van der Waals surface area contributed by atoms with Crippen LogP contribution in [0.15, 0.2) is 40.0 Å². The molecule has 0 radical (unpaired) electrons. The molecule has 0 aliphatic carbocycles. The lowest BCUT2D eigenvalue weighted by Crippen LogP contribution is -2.36. The molecule has 0 saturated heterocycles. The molecule has 0 aliphatic heterocycles. The van der Waals surface area contributed by atoms with Gasteiger partial charge in [0.25, 0.3) is 0 Å². The van der Waals surface area contributed by atoms with Crippen molar-refractivity contribution >= 4 is 5.96 Å². The monoisotopic (exact) mass is 346 g/mol. The van der Waals surface area contributed by atoms with Crippen LogP contribution in [0.1, 0.15) is 23.7 Å². The maximum absolute atomic E-state index is 5.81. The molecule has 0 saturated carbocycles. The standard InChI is InChI=1S/C18H26N4O3/c1-4-19-18(21-13-16-7-8-25-22-16)20-12-15-6-5-14(2)11-17(15)24-10-9-23-3/h5-8,11H,4,9-10,12-13H2,1-3H3,(H2,19,20,21). The molecule has 1 heterocycles. The Bertz CT molecular complexity index is 656. The molecular weight excluding hydrogens is 320 g/mol. The summed E-state index contributed by atoms with van der Waals surface area (Å²) in [6.45, 7) is 6.97. The van der Waals surface area contributed by atoms with E-state index in [1.807, 2.05) is 32.0 Å². The Labute approximate surface area is 148 Å². The summed E-state index contributed by atoms with van der Waals surface area (Å²) in [7, 11) is 1.66. The Kier molecular flexibility index (Phi) is 7.78. The molecule has 136 valence electrons. The number of hydrogen-bond donors (Lipinski definition) is 2. The molecule has 1 aromatic heterocycles. The fourth-order valence-corrected chi connectivity index (χ4v) is 2.17. The maximum Gasteiger partial charge on any atom is 0.191 e. The largest absolute Gasteiger partial charge is 0.491 e. The van der Waals surface area contributed by atoms with E-state index >= 15 is 0 Å². The zero-order chi connectivity index (χ0) is 17.9. The number of methoxy groups -OCH3 is 1. The third-order valence-corrected chi connectivity index (χ3v) is 3.45. The van der Waals surface area contributed by atoms with Crippen LogP contribution in [0.25, 0.3) is 0 Å². The zero-order valence-corrected chi connectivity index (χ0v) is 15.0. The highest BCUT2D eigenvalue weighted by molar-refractivity contribution is 5.79. The van der Waals surface area contributed by atoms with E-state index in [0.29, 0.717) is 32.3 Å². The molecule has 0 amide bonds. The second-order valence-electron chi connectivity index (χ2n) is 5.49. The molecule has 25 heavy (non-hydrogen) atoms. The van der Waals surface area contributed by atoms with Crippen LogP contribution in [0.4, 0.5) is 0 Å². The maximum atomic E-state index is 5.81. The third kappa shape index (κ3) is 6.46. The Balaban J connectivity index is 2.02. The van der Waals surface area contributed by atoms with Crippen molar-refractivity contribution < 1.29 is 14.0 Å². The molecular formula is C18H26N4O3. The van der Waals surface area contributed by atoms with Crippen molar-refractivity contribution in [1.29, 1.82) is 0 Å². The van der Waals surface area contributed by atoms with Gasteiger partial charge in [0.15, 0.2) is 5.96 Å². The summed E-state index contributed by atoms with van der Waals surface area (Å²) >= 11 is 0. The minimum Gasteiger partial charge on any atom is -0.491 e. The number of aryl methyl sites for hydroxylation is 1. The number of aromatic nitrogens is 1. The highest BCUT2D eigenvalue weighted by Crippen LogP contribution is 2.21. The van der Waals surface area contributed by atoms with Crippen molar-refractivity contribution in [3.05, 3.63) is 47.3 Å². The van der Waals surface area contributed by atoms with Gasteiger partial charge in [-0.25, -0.2) is 4.99 Å². The molecule has 1 aromatic carbocycles. The fraction of sp³-hybridized carbons (Fsp3) is 0.444. The topological polar surface area (TPSA) is 80.9 Å². The molecule has 7 nitrogen and oxygen atoms in total. The average Bonchev–Trinajstić information content (AvgIpc) is 3.12. The predicted molar refractivity (Wildman–Crippen MR) is 96.7 cm³/mol. The van der Waals surface area contributed by atoms with Gasteiger partial charge in [0.05, 0.1) is 19.7 Å². The van der Waals surface area contributed by atoms with E-state index in [0.717, 1.165) is 29.1 Å². The van der Waals surface area contributed by atoms with Gasteiger partial charge in [-0.05, 0) is 25.5 Å². The summed E-state index contributed by atoms with van der Waals surface area (Å²) in [5.41, 5.74) is 3.00. The molecule has 0 bridgehead atoms. The van der Waals surface area contributed by atoms with E-state index < -0.39 is 0 Å². The van der Waals surface area contributed by atoms with E-state index in [9.17, 15) is 0 Å². The van der Waals surface area contributed by atoms with E-state index in [-0.39, 0.29) is 0 Å². The first-order valence-corrected chi connectivity index (χ1v) is 8.35. The van der Waals surface area contributed by atoms with Crippen LogP contribution in [-0.2, 0) is 17.8 Å². The average molecular weight is 346 g/mol. The summed E-state index contributed by atoms with van der Waals surface area (Å²) < 4.78 is 15.7. The summed E-state index contributed by atoms with van der Waals surface area (Å²) in [6.07, 6.45) is 1.55. The fourth-order valence-electron chi connectivity index (χ4n) is 2.17. The molecule has 0 unspecified atom stereocenters. The Morgan fingerprint density at radius 1 is 1.24 bits per heavy atom. The van der Waals surface area contributed by atoms with Gasteiger partial charge in [-0.15, -0.1) is 0 Å². The van der Waals surface area contributed by atoms with Gasteiger partial charge < -0.3 is 24.6 Å². The Morgan fingerprint density at radius 3 is 2.84 bits per heavy atom. The molecule has 2 N–H and O–H groups in total. The summed E-state index contributed by atoms with van der Waals surface area (Å²) in [5.74, 6) is 1.56. The first kappa shape index (κ1) is 18.8. The van der Waals surface area contributed by atoms with Gasteiger partial charge in [-0.3, -0.25) is 0 Å². The highest BCUT2D eigenvalue weighted by atomic mass is 16.5. The summed E-state index contributed by atoms with van der Waals surface area (Å²) in [5, 5.41) is 10.3. The number of nitrogens with one attached hydrogen (secondary N) is 2. The molecule has 0 atom stereocenters. The lowest BCUT2D eigenvalue weighted by atomic mass is 10.1. The van der Waals surface area contributed by atoms with E-state index in [1.54, 1.807) is 13.4 Å². The number of hydrogen-bond acceptors (Lipinski definition) is 5. The van der Waals surface area contributed by atoms with Gasteiger partial charge in [0, 0.05) is 25.3 Å². The second-order valence-corrected chi connectivity index (χ2v) is 5.49. The lowest BCUT2D eigenvalue weighted by Gasteiger charge is -2.13. The number of aliphatic imine (C=N–C) groups is 1. The molecule has 0 spiro atoms. The number of guanidine groups is 1. The van der Waals surface area contributed by atoms with Crippen molar-refractivity contribution in [2.75, 3.05) is 26.9 Å². The summed E-state index contributed by atoms with van der Waals surface area (Å²) in [4.78, 5) is 4.63. The van der Waals surface area contributed by atoms with Crippen LogP contribution in [0.3, 0.4) is 0 Å². The first-order chi connectivity index (χ1) is 12.2. The Morgan fingerprint density at radius 2 is 2.12 bits per heavy atom. The number of nitrogens with zero attached hydrogens (tertiary/aromatic N) is 2. The van der Waals surface area contributed by atoms with Crippen LogP contribution in [-0.4, -0.2) is 38.0 Å². The van der Waals surface area contributed by atoms with Crippen LogP contribution in [0.5, 0.6) is 5.75 Å². The number of benzene rings is 1. The van der Waals surface area contributed by atoms with Gasteiger partial charge in [-0.1, -0.05) is 17.3 Å². The molecule has 2 rings (SSSR count). The van der Waals surface area contributed by atoms with Gasteiger partial charge in [0.2, 0.25) is 0 Å². The SMILES string of the molecule is CCNC(=NCc1ccc(C)cc1OCCOC)NCc1ccon1. The molecule has 0 fully saturated rings. The van der Waals surface area contributed by atoms with Crippen molar-refractivity contribution in [1.82, 2.24) is 15.8 Å². The quantitative estimate of drug-likeness (QED) is 0.412. The van der Waals surface area contributed by atoms with Crippen molar-refractivity contribution in [2.45, 2.75) is 26.9 Å². The molecule has 7 heteroatoms. The van der Waals surface area contributed by atoms with E-state index in [1.165, 1.54) is 0 Å². The molecule has 0 aliphatic rings. The van der Waals surface area contributed by atoms with Gasteiger partial charge >= 0.3 is 0 Å². The van der Waals surface area contributed by atoms with Crippen LogP contribution in [0.2, 0.25) is 0 Å².